The van der Waals surface area contributed by atoms with Crippen molar-refractivity contribution in [3.8, 4) is 0 Å². The zero-order valence-electron chi connectivity index (χ0n) is 8.08. The van der Waals surface area contributed by atoms with Gasteiger partial charge in [0.2, 0.25) is 0 Å². The molecule has 1 N–H and O–H groups in total. The summed E-state index contributed by atoms with van der Waals surface area (Å²) in [4.78, 5) is 36.2. The van der Waals surface area contributed by atoms with Gasteiger partial charge in [0.05, 0.1) is 0 Å². The summed E-state index contributed by atoms with van der Waals surface area (Å²) in [6.07, 6.45) is -0.588. The molecular formula is C10H7N3O3. The Balaban J connectivity index is 2.30. The van der Waals surface area contributed by atoms with Crippen LogP contribution in [0.25, 0.3) is 0 Å². The van der Waals surface area contributed by atoms with E-state index in [1.165, 1.54) is 0 Å². The number of H-pyrrole nitrogens is 1. The second-order valence-electron chi connectivity index (χ2n) is 3.54. The number of aromatic amines is 1. The minimum absolute atomic E-state index is 0.567. The molecule has 0 unspecified atom stereocenters. The van der Waals surface area contributed by atoms with Crippen molar-refractivity contribution in [1.29, 1.82) is 0 Å². The molecule has 1 aromatic carbocycles. The van der Waals surface area contributed by atoms with Crippen molar-refractivity contribution in [1.82, 2.24) is 14.1 Å². The van der Waals surface area contributed by atoms with E-state index in [1.807, 2.05) is 6.07 Å². The molecule has 4 rings (SSSR count). The second-order valence-corrected chi connectivity index (χ2v) is 3.54. The van der Waals surface area contributed by atoms with Crippen LogP contribution in [0, 0.1) is 0 Å². The van der Waals surface area contributed by atoms with E-state index in [0.717, 1.165) is 14.7 Å². The molecule has 2 aliphatic rings. The van der Waals surface area contributed by atoms with Gasteiger partial charge in [-0.25, -0.2) is 23.5 Å². The predicted molar refractivity (Wildman–Crippen MR) is 55.6 cm³/mol. The van der Waals surface area contributed by atoms with Crippen molar-refractivity contribution in [3.63, 3.8) is 0 Å². The van der Waals surface area contributed by atoms with Crippen molar-refractivity contribution in [3.05, 3.63) is 67.3 Å². The van der Waals surface area contributed by atoms with Crippen LogP contribution < -0.4 is 17.1 Å². The molecule has 3 heterocycles. The fraction of sp³-hybridized carbons (Fsp3) is 0.100. The smallest absolute Gasteiger partial charge is 0.258 e. The number of hydrogen-bond donors (Lipinski definition) is 1. The summed E-state index contributed by atoms with van der Waals surface area (Å²) >= 11 is 0. The highest BCUT2D eigenvalue weighted by Gasteiger charge is 2.33. The Bertz CT molecular complexity index is 662. The third-order valence-corrected chi connectivity index (χ3v) is 2.65. The van der Waals surface area contributed by atoms with Crippen LogP contribution in [-0.2, 0) is 0 Å². The van der Waals surface area contributed by atoms with E-state index in [4.69, 9.17) is 0 Å². The van der Waals surface area contributed by atoms with E-state index in [2.05, 4.69) is 4.98 Å². The number of benzene rings is 1. The van der Waals surface area contributed by atoms with Gasteiger partial charge in [0.1, 0.15) is 0 Å². The highest BCUT2D eigenvalue weighted by molar-refractivity contribution is 5.22. The molecule has 0 radical (unpaired) electrons. The summed E-state index contributed by atoms with van der Waals surface area (Å²) in [6, 6.07) is 8.94. The van der Waals surface area contributed by atoms with Gasteiger partial charge in [-0.3, -0.25) is 4.98 Å². The lowest BCUT2D eigenvalue weighted by atomic mass is 10.1. The zero-order valence-corrected chi connectivity index (χ0v) is 8.08. The van der Waals surface area contributed by atoms with Crippen LogP contribution in [0.3, 0.4) is 0 Å². The summed E-state index contributed by atoms with van der Waals surface area (Å²) in [5.41, 5.74) is -1.15. The lowest BCUT2D eigenvalue weighted by Crippen LogP contribution is -2.63. The molecule has 0 aliphatic carbocycles. The van der Waals surface area contributed by atoms with Gasteiger partial charge < -0.3 is 0 Å². The Morgan fingerprint density at radius 3 is 2.00 bits per heavy atom. The third-order valence-electron chi connectivity index (χ3n) is 2.65. The van der Waals surface area contributed by atoms with Crippen LogP contribution in [-0.4, -0.2) is 14.1 Å². The summed E-state index contributed by atoms with van der Waals surface area (Å²) in [7, 11) is 0. The number of aromatic nitrogens is 3. The van der Waals surface area contributed by atoms with E-state index in [-0.39, 0.29) is 0 Å². The molecule has 80 valence electrons. The van der Waals surface area contributed by atoms with Crippen LogP contribution in [0.5, 0.6) is 0 Å². The topological polar surface area (TPSA) is 76.9 Å². The molecule has 0 fully saturated rings. The van der Waals surface area contributed by atoms with E-state index in [1.54, 1.807) is 24.3 Å². The van der Waals surface area contributed by atoms with Crippen LogP contribution in [0.4, 0.5) is 0 Å². The van der Waals surface area contributed by atoms with Gasteiger partial charge in [-0.1, -0.05) is 30.3 Å². The molecule has 1 aromatic heterocycles. The molecule has 2 bridgehead atoms. The fourth-order valence-corrected chi connectivity index (χ4v) is 1.92. The van der Waals surface area contributed by atoms with E-state index in [0.29, 0.717) is 0 Å². The minimum atomic E-state index is -0.661. The molecule has 2 aromatic rings. The first-order valence-electron chi connectivity index (χ1n) is 4.72. The monoisotopic (exact) mass is 217 g/mol. The Morgan fingerprint density at radius 2 is 1.50 bits per heavy atom. The van der Waals surface area contributed by atoms with E-state index in [9.17, 15) is 14.4 Å². The Hall–Kier alpha value is -2.37. The number of nitrogens with one attached hydrogen (secondary N) is 1. The maximum atomic E-state index is 11.4. The standard InChI is InChI=1S/C10H7N3O3/c14-8-11-9(15)13-7(12(8)10(13)16)6-4-2-1-3-5-6/h1-5,7H,(H,11,14,15). The Kier molecular flexibility index (Phi) is 1.57. The fourth-order valence-electron chi connectivity index (χ4n) is 1.92. The first-order chi connectivity index (χ1) is 7.70. The van der Waals surface area contributed by atoms with Crippen molar-refractivity contribution in [2.24, 2.45) is 0 Å². The second kappa shape index (κ2) is 2.82. The first kappa shape index (κ1) is 8.90. The van der Waals surface area contributed by atoms with Gasteiger partial charge in [0.25, 0.3) is 0 Å². The molecular weight excluding hydrogens is 210 g/mol. The normalized spacial score (nSPS) is 13.5. The average molecular weight is 217 g/mol. The molecule has 6 heteroatoms. The molecule has 0 atom stereocenters. The van der Waals surface area contributed by atoms with Gasteiger partial charge in [0.15, 0.2) is 6.17 Å². The molecule has 6 nitrogen and oxygen atoms in total. The Labute approximate surface area is 88.4 Å². The van der Waals surface area contributed by atoms with Crippen LogP contribution in [0.1, 0.15) is 11.7 Å². The molecule has 16 heavy (non-hydrogen) atoms. The maximum absolute atomic E-state index is 11.4. The number of nitrogens with zero attached hydrogens (tertiary/aromatic N) is 2. The lowest BCUT2D eigenvalue weighted by Gasteiger charge is -2.28. The van der Waals surface area contributed by atoms with Crippen LogP contribution in [0.15, 0.2) is 44.7 Å². The summed E-state index contributed by atoms with van der Waals surface area (Å²) < 4.78 is 2.05. The summed E-state index contributed by atoms with van der Waals surface area (Å²) in [5, 5.41) is 0. The van der Waals surface area contributed by atoms with Gasteiger partial charge in [-0.05, 0) is 5.56 Å². The van der Waals surface area contributed by atoms with Crippen LogP contribution >= 0.6 is 0 Å². The van der Waals surface area contributed by atoms with Crippen molar-refractivity contribution < 1.29 is 0 Å². The van der Waals surface area contributed by atoms with E-state index >= 15 is 0 Å². The quantitative estimate of drug-likeness (QED) is 0.574. The molecule has 0 saturated heterocycles. The van der Waals surface area contributed by atoms with Gasteiger partial charge in [-0.15, -0.1) is 0 Å². The molecule has 2 aliphatic heterocycles. The van der Waals surface area contributed by atoms with Gasteiger partial charge in [-0.2, -0.15) is 0 Å². The SMILES string of the molecule is O=C1NC(=O)N2C(=O)N1C2c1ccccc1. The van der Waals surface area contributed by atoms with Crippen molar-refractivity contribution >= 4 is 0 Å². The van der Waals surface area contributed by atoms with Crippen LogP contribution in [0.2, 0.25) is 0 Å². The Morgan fingerprint density at radius 1 is 0.938 bits per heavy atom. The van der Waals surface area contributed by atoms with Gasteiger partial charge in [0, 0.05) is 0 Å². The molecule has 0 spiro atoms. The zero-order chi connectivity index (χ0) is 11.3. The lowest BCUT2D eigenvalue weighted by molar-refractivity contribution is 0.309. The van der Waals surface area contributed by atoms with Crippen molar-refractivity contribution in [2.75, 3.05) is 0 Å². The largest absolute Gasteiger partial charge is 0.340 e. The summed E-state index contributed by atoms with van der Waals surface area (Å²) in [5.74, 6) is 0. The van der Waals surface area contributed by atoms with Crippen molar-refractivity contribution in [2.45, 2.75) is 6.17 Å². The first-order valence-corrected chi connectivity index (χ1v) is 4.72. The summed E-state index contributed by atoms with van der Waals surface area (Å²) in [6.45, 7) is 0. The maximum Gasteiger partial charge on any atom is 0.340 e. The third kappa shape index (κ3) is 0.928. The average Bonchev–Trinajstić information content (AvgIpc) is 2.26. The van der Waals surface area contributed by atoms with Gasteiger partial charge >= 0.3 is 17.1 Å². The highest BCUT2D eigenvalue weighted by atomic mass is 16.2. The predicted octanol–water partition coefficient (Wildman–Crippen LogP) is -0.893. The van der Waals surface area contributed by atoms with E-state index < -0.39 is 23.2 Å². The number of rotatable bonds is 1. The molecule has 0 amide bonds. The number of hydrogen-bond acceptors (Lipinski definition) is 3. The molecule has 0 saturated carbocycles. The number of fused-ring (bicyclic) bond motifs is 2. The minimum Gasteiger partial charge on any atom is -0.258 e. The highest BCUT2D eigenvalue weighted by Crippen LogP contribution is 2.17.